The van der Waals surface area contributed by atoms with E-state index < -0.39 is 0 Å². The molecule has 1 aliphatic carbocycles. The Balaban J connectivity index is 2.68. The van der Waals surface area contributed by atoms with Gasteiger partial charge in [-0.15, -0.1) is 0 Å². The van der Waals surface area contributed by atoms with Gasteiger partial charge in [0.15, 0.2) is 0 Å². The van der Waals surface area contributed by atoms with Crippen molar-refractivity contribution in [2.24, 2.45) is 9.98 Å². The molecule has 1 fully saturated rings. The molecular weight excluding hydrogens is 200 g/mol. The van der Waals surface area contributed by atoms with Crippen LogP contribution in [0.4, 0.5) is 0 Å². The molecule has 0 heterocycles. The molecule has 0 radical (unpaired) electrons. The van der Waals surface area contributed by atoms with Crippen molar-refractivity contribution in [3.05, 3.63) is 12.2 Å². The fourth-order valence-electron chi connectivity index (χ4n) is 1.80. The molecule has 88 valence electrons. The Bertz CT molecular complexity index is 298. The molecule has 0 spiro atoms. The van der Waals surface area contributed by atoms with Crippen molar-refractivity contribution in [3.8, 4) is 0 Å². The van der Waals surface area contributed by atoms with Crippen molar-refractivity contribution >= 4 is 18.4 Å². The summed E-state index contributed by atoms with van der Waals surface area (Å²) in [7, 11) is 1.69. The van der Waals surface area contributed by atoms with E-state index in [9.17, 15) is 0 Å². The zero-order chi connectivity index (χ0) is 11.8. The van der Waals surface area contributed by atoms with Gasteiger partial charge in [0.2, 0.25) is 0 Å². The SMILES string of the molecule is C=C(C=N)C(=NC1CCCCC1)NC=NC. The van der Waals surface area contributed by atoms with Gasteiger partial charge < -0.3 is 10.7 Å². The van der Waals surface area contributed by atoms with Crippen molar-refractivity contribution in [2.45, 2.75) is 38.1 Å². The summed E-state index contributed by atoms with van der Waals surface area (Å²) in [5.41, 5.74) is 0.602. The molecule has 2 N–H and O–H groups in total. The number of aliphatic imine (C=N–C) groups is 2. The molecule has 0 aromatic rings. The first-order chi connectivity index (χ1) is 7.77. The lowest BCUT2D eigenvalue weighted by molar-refractivity contribution is 0.443. The van der Waals surface area contributed by atoms with Gasteiger partial charge in [-0.2, -0.15) is 0 Å². The van der Waals surface area contributed by atoms with Crippen LogP contribution in [0, 0.1) is 5.41 Å². The number of rotatable bonds is 4. The first kappa shape index (κ1) is 12.6. The Morgan fingerprint density at radius 1 is 1.38 bits per heavy atom. The minimum absolute atomic E-state index is 0.373. The quantitative estimate of drug-likeness (QED) is 0.553. The Labute approximate surface area is 97.1 Å². The highest BCUT2D eigenvalue weighted by Crippen LogP contribution is 2.20. The van der Waals surface area contributed by atoms with Gasteiger partial charge in [-0.3, -0.25) is 9.98 Å². The second-order valence-electron chi connectivity index (χ2n) is 3.97. The van der Waals surface area contributed by atoms with Crippen LogP contribution in [0.3, 0.4) is 0 Å². The summed E-state index contributed by atoms with van der Waals surface area (Å²) in [4.78, 5) is 8.46. The molecule has 0 amide bonds. The molecule has 0 saturated heterocycles. The Morgan fingerprint density at radius 3 is 2.62 bits per heavy atom. The fourth-order valence-corrected chi connectivity index (χ4v) is 1.80. The highest BCUT2D eigenvalue weighted by molar-refractivity contribution is 6.16. The van der Waals surface area contributed by atoms with Gasteiger partial charge in [-0.05, 0) is 12.8 Å². The third kappa shape index (κ3) is 3.96. The van der Waals surface area contributed by atoms with Crippen LogP contribution in [0.1, 0.15) is 32.1 Å². The second kappa shape index (κ2) is 6.93. The van der Waals surface area contributed by atoms with Crippen molar-refractivity contribution in [3.63, 3.8) is 0 Å². The lowest BCUT2D eigenvalue weighted by Gasteiger charge is -2.19. The van der Waals surface area contributed by atoms with Crippen LogP contribution in [0.15, 0.2) is 22.1 Å². The topological polar surface area (TPSA) is 60.6 Å². The van der Waals surface area contributed by atoms with E-state index in [0.717, 1.165) is 12.8 Å². The highest BCUT2D eigenvalue weighted by atomic mass is 15.0. The van der Waals surface area contributed by atoms with E-state index in [1.165, 1.54) is 25.5 Å². The van der Waals surface area contributed by atoms with Crippen molar-refractivity contribution < 1.29 is 0 Å². The van der Waals surface area contributed by atoms with Gasteiger partial charge in [-0.25, -0.2) is 0 Å². The summed E-state index contributed by atoms with van der Waals surface area (Å²) in [6.07, 6.45) is 8.89. The van der Waals surface area contributed by atoms with Gasteiger partial charge in [0, 0.05) is 18.8 Å². The van der Waals surface area contributed by atoms with Crippen molar-refractivity contribution in [1.29, 1.82) is 5.41 Å². The molecule has 1 saturated carbocycles. The van der Waals surface area contributed by atoms with Gasteiger partial charge in [0.1, 0.15) is 5.84 Å². The fraction of sp³-hybridized carbons (Fsp3) is 0.583. The Morgan fingerprint density at radius 2 is 2.06 bits per heavy atom. The van der Waals surface area contributed by atoms with E-state index in [4.69, 9.17) is 5.41 Å². The lowest BCUT2D eigenvalue weighted by atomic mass is 9.96. The number of hydrogen-bond donors (Lipinski definition) is 2. The molecule has 4 heteroatoms. The van der Waals surface area contributed by atoms with E-state index >= 15 is 0 Å². The summed E-state index contributed by atoms with van der Waals surface area (Å²) < 4.78 is 0. The van der Waals surface area contributed by atoms with E-state index in [0.29, 0.717) is 17.5 Å². The summed E-state index contributed by atoms with van der Waals surface area (Å²) in [6, 6.07) is 0.373. The maximum absolute atomic E-state index is 7.20. The summed E-state index contributed by atoms with van der Waals surface area (Å²) >= 11 is 0. The molecule has 4 nitrogen and oxygen atoms in total. The van der Waals surface area contributed by atoms with Crippen LogP contribution in [0.2, 0.25) is 0 Å². The summed E-state index contributed by atoms with van der Waals surface area (Å²) in [5, 5.41) is 10.2. The van der Waals surface area contributed by atoms with Crippen molar-refractivity contribution in [1.82, 2.24) is 5.32 Å². The summed E-state index contributed by atoms with van der Waals surface area (Å²) in [6.45, 7) is 3.79. The van der Waals surface area contributed by atoms with E-state index in [2.05, 4.69) is 21.9 Å². The van der Waals surface area contributed by atoms with Crippen LogP contribution in [-0.4, -0.2) is 31.5 Å². The maximum Gasteiger partial charge on any atom is 0.134 e. The average molecular weight is 220 g/mol. The number of hydrogen-bond acceptors (Lipinski definition) is 3. The molecule has 1 rings (SSSR count). The first-order valence-corrected chi connectivity index (χ1v) is 5.72. The van der Waals surface area contributed by atoms with Crippen LogP contribution in [0.25, 0.3) is 0 Å². The van der Waals surface area contributed by atoms with Crippen LogP contribution in [-0.2, 0) is 0 Å². The number of nitrogens with zero attached hydrogens (tertiary/aromatic N) is 2. The molecule has 0 bridgehead atoms. The molecular formula is C12H20N4. The highest BCUT2D eigenvalue weighted by Gasteiger charge is 2.13. The smallest absolute Gasteiger partial charge is 0.134 e. The largest absolute Gasteiger partial charge is 0.331 e. The van der Waals surface area contributed by atoms with Gasteiger partial charge in [-0.1, -0.05) is 25.8 Å². The zero-order valence-corrected chi connectivity index (χ0v) is 9.87. The predicted molar refractivity (Wildman–Crippen MR) is 69.8 cm³/mol. The summed E-state index contributed by atoms with van der Waals surface area (Å²) in [5.74, 6) is 0.674. The molecule has 1 aliphatic rings. The van der Waals surface area contributed by atoms with E-state index in [-0.39, 0.29) is 0 Å². The van der Waals surface area contributed by atoms with Gasteiger partial charge >= 0.3 is 0 Å². The average Bonchev–Trinajstić information content (AvgIpc) is 2.34. The second-order valence-corrected chi connectivity index (χ2v) is 3.97. The lowest BCUT2D eigenvalue weighted by Crippen LogP contribution is -2.27. The monoisotopic (exact) mass is 220 g/mol. The normalized spacial score (nSPS) is 18.7. The predicted octanol–water partition coefficient (Wildman–Crippen LogP) is 2.17. The minimum atomic E-state index is 0.373. The first-order valence-electron chi connectivity index (χ1n) is 5.72. The van der Waals surface area contributed by atoms with Crippen molar-refractivity contribution in [2.75, 3.05) is 7.05 Å². The molecule has 0 atom stereocenters. The Kier molecular flexibility index (Phi) is 5.46. The third-order valence-corrected chi connectivity index (χ3v) is 2.70. The Hall–Kier alpha value is -1.45. The maximum atomic E-state index is 7.20. The molecule has 0 aromatic heterocycles. The van der Waals surface area contributed by atoms with Crippen LogP contribution in [0.5, 0.6) is 0 Å². The molecule has 16 heavy (non-hydrogen) atoms. The van der Waals surface area contributed by atoms with Gasteiger partial charge in [0.25, 0.3) is 0 Å². The van der Waals surface area contributed by atoms with Gasteiger partial charge in [0.05, 0.1) is 12.4 Å². The molecule has 0 aromatic carbocycles. The third-order valence-electron chi connectivity index (χ3n) is 2.70. The number of nitrogens with one attached hydrogen (secondary N) is 2. The molecule has 0 unspecified atom stereocenters. The number of amidine groups is 1. The van der Waals surface area contributed by atoms with E-state index in [1.54, 1.807) is 13.4 Å². The van der Waals surface area contributed by atoms with Crippen LogP contribution < -0.4 is 5.32 Å². The van der Waals surface area contributed by atoms with Crippen LogP contribution >= 0.6 is 0 Å². The standard InChI is InChI=1S/C12H20N4/c1-10(8-13)12(15-9-14-2)16-11-6-4-3-5-7-11/h8-9,11,13H,1,3-7H2,2H3,(H,14,15,16). The molecule has 0 aliphatic heterocycles. The zero-order valence-electron chi connectivity index (χ0n) is 9.87. The minimum Gasteiger partial charge on any atom is -0.331 e. The van der Waals surface area contributed by atoms with E-state index in [1.807, 2.05) is 0 Å².